The van der Waals surface area contributed by atoms with Crippen LogP contribution < -0.4 is 5.32 Å². The Morgan fingerprint density at radius 2 is 2.32 bits per heavy atom. The van der Waals surface area contributed by atoms with E-state index in [1.165, 1.54) is 11.3 Å². The third-order valence-corrected chi connectivity index (χ3v) is 4.02. The molecule has 0 aliphatic heterocycles. The number of aryl methyl sites for hydroxylation is 2. The van der Waals surface area contributed by atoms with Gasteiger partial charge in [0, 0.05) is 10.3 Å². The van der Waals surface area contributed by atoms with Crippen molar-refractivity contribution in [3.8, 4) is 10.6 Å². The Morgan fingerprint density at radius 3 is 2.95 bits per heavy atom. The lowest BCUT2D eigenvalue weighted by Crippen LogP contribution is -2.13. The van der Waals surface area contributed by atoms with Gasteiger partial charge >= 0.3 is 0 Å². The third-order valence-electron chi connectivity index (χ3n) is 2.16. The van der Waals surface area contributed by atoms with Crippen LogP contribution in [0.25, 0.3) is 21.0 Å². The van der Waals surface area contributed by atoms with E-state index in [0.717, 1.165) is 21.3 Å². The summed E-state index contributed by atoms with van der Waals surface area (Å²) in [5.74, 6) is -0.379. The Labute approximate surface area is 117 Å². The van der Waals surface area contributed by atoms with Crippen molar-refractivity contribution < 1.29 is 4.79 Å². The Balaban J connectivity index is 2.13. The van der Waals surface area contributed by atoms with Crippen molar-refractivity contribution in [2.24, 2.45) is 5.11 Å². The maximum absolute atomic E-state index is 11.4. The van der Waals surface area contributed by atoms with Crippen molar-refractivity contribution in [3.05, 3.63) is 26.5 Å². The van der Waals surface area contributed by atoms with Gasteiger partial charge in [0.25, 0.3) is 0 Å². The highest BCUT2D eigenvalue weighted by Crippen LogP contribution is 2.31. The van der Waals surface area contributed by atoms with E-state index in [2.05, 4.69) is 25.3 Å². The number of thiazole rings is 2. The minimum atomic E-state index is -0.379. The number of azide groups is 1. The number of carbonyl (C=O) groups is 1. The van der Waals surface area contributed by atoms with Crippen molar-refractivity contribution in [1.29, 1.82) is 0 Å². The van der Waals surface area contributed by atoms with Gasteiger partial charge in [-0.05, 0) is 19.4 Å². The molecule has 0 aromatic carbocycles. The van der Waals surface area contributed by atoms with Crippen LogP contribution >= 0.6 is 22.7 Å². The molecular formula is C10H10N6OS2. The topological polar surface area (TPSA) is 104 Å². The summed E-state index contributed by atoms with van der Waals surface area (Å²) in [4.78, 5) is 23.6. The smallest absolute Gasteiger partial charge is 0.232 e. The number of hydrogen-bond acceptors (Lipinski definition) is 6. The van der Waals surface area contributed by atoms with Gasteiger partial charge in [0.2, 0.25) is 5.91 Å². The summed E-state index contributed by atoms with van der Waals surface area (Å²) in [6.45, 7) is 3.64. The summed E-state index contributed by atoms with van der Waals surface area (Å²) in [6, 6.07) is 0. The molecule has 0 saturated carbocycles. The molecule has 2 aromatic heterocycles. The highest BCUT2D eigenvalue weighted by atomic mass is 32.1. The van der Waals surface area contributed by atoms with Crippen LogP contribution in [0.3, 0.4) is 0 Å². The Hall–Kier alpha value is -1.96. The predicted octanol–water partition coefficient (Wildman–Crippen LogP) is 3.13. The molecule has 0 aliphatic carbocycles. The molecule has 7 nitrogen and oxygen atoms in total. The van der Waals surface area contributed by atoms with E-state index in [1.807, 2.05) is 19.2 Å². The molecule has 9 heteroatoms. The van der Waals surface area contributed by atoms with Gasteiger partial charge in [0.1, 0.15) is 6.54 Å². The number of hydrogen-bond donors (Lipinski definition) is 1. The summed E-state index contributed by atoms with van der Waals surface area (Å²) in [5.41, 5.74) is 9.86. The van der Waals surface area contributed by atoms with Gasteiger partial charge in [-0.2, -0.15) is 0 Å². The monoisotopic (exact) mass is 294 g/mol. The van der Waals surface area contributed by atoms with E-state index in [0.29, 0.717) is 5.13 Å². The fourth-order valence-corrected chi connectivity index (χ4v) is 3.13. The minimum Gasteiger partial charge on any atom is -0.302 e. The lowest BCUT2D eigenvalue weighted by molar-refractivity contribution is -0.114. The van der Waals surface area contributed by atoms with Gasteiger partial charge in [0.15, 0.2) is 5.13 Å². The van der Waals surface area contributed by atoms with Crippen LogP contribution in [0.2, 0.25) is 0 Å². The first-order valence-electron chi connectivity index (χ1n) is 5.31. The van der Waals surface area contributed by atoms with E-state index >= 15 is 0 Å². The van der Waals surface area contributed by atoms with Crippen molar-refractivity contribution in [2.75, 3.05) is 11.9 Å². The van der Waals surface area contributed by atoms with Crippen LogP contribution in [-0.2, 0) is 4.79 Å². The zero-order valence-electron chi connectivity index (χ0n) is 10.2. The molecule has 98 valence electrons. The van der Waals surface area contributed by atoms with Crippen LogP contribution in [0.5, 0.6) is 0 Å². The zero-order chi connectivity index (χ0) is 13.8. The highest BCUT2D eigenvalue weighted by molar-refractivity contribution is 7.16. The maximum atomic E-state index is 11.4. The molecule has 2 rings (SSSR count). The van der Waals surface area contributed by atoms with E-state index in [9.17, 15) is 4.79 Å². The number of amides is 1. The van der Waals surface area contributed by atoms with Gasteiger partial charge in [-0.25, -0.2) is 9.97 Å². The van der Waals surface area contributed by atoms with Gasteiger partial charge in [-0.15, -0.1) is 22.7 Å². The van der Waals surface area contributed by atoms with Crippen molar-refractivity contribution in [3.63, 3.8) is 0 Å². The van der Waals surface area contributed by atoms with Crippen LogP contribution in [0, 0.1) is 13.8 Å². The van der Waals surface area contributed by atoms with Gasteiger partial charge in [0.05, 0.1) is 21.3 Å². The first kappa shape index (κ1) is 13.5. The molecule has 0 unspecified atom stereocenters. The SMILES string of the molecule is Cc1nc(C)c(-c2csc(NC(=O)CN=[N+]=[N-])n2)s1. The fraction of sp³-hybridized carbons (Fsp3) is 0.300. The summed E-state index contributed by atoms with van der Waals surface area (Å²) in [5, 5.41) is 9.10. The summed E-state index contributed by atoms with van der Waals surface area (Å²) in [6.07, 6.45) is 0. The molecule has 0 bridgehead atoms. The molecule has 0 aliphatic rings. The molecule has 0 spiro atoms. The fourth-order valence-electron chi connectivity index (χ4n) is 1.46. The molecule has 0 radical (unpaired) electrons. The minimum absolute atomic E-state index is 0.232. The lowest BCUT2D eigenvalue weighted by atomic mass is 10.3. The third kappa shape index (κ3) is 3.28. The van der Waals surface area contributed by atoms with E-state index < -0.39 is 0 Å². The quantitative estimate of drug-likeness (QED) is 0.532. The summed E-state index contributed by atoms with van der Waals surface area (Å²) >= 11 is 2.89. The summed E-state index contributed by atoms with van der Waals surface area (Å²) in [7, 11) is 0. The molecule has 0 saturated heterocycles. The normalized spacial score (nSPS) is 10.0. The average molecular weight is 294 g/mol. The average Bonchev–Trinajstić information content (AvgIpc) is 2.93. The van der Waals surface area contributed by atoms with Crippen molar-refractivity contribution in [2.45, 2.75) is 13.8 Å². The molecule has 2 heterocycles. The number of carbonyl (C=O) groups excluding carboxylic acids is 1. The maximum Gasteiger partial charge on any atom is 0.232 e. The molecule has 19 heavy (non-hydrogen) atoms. The van der Waals surface area contributed by atoms with E-state index in [4.69, 9.17) is 5.53 Å². The molecule has 1 N–H and O–H groups in total. The van der Waals surface area contributed by atoms with Crippen LogP contribution in [0.4, 0.5) is 5.13 Å². The van der Waals surface area contributed by atoms with E-state index in [1.54, 1.807) is 11.3 Å². The predicted molar refractivity (Wildman–Crippen MR) is 75.3 cm³/mol. The molecule has 1 amide bonds. The standard InChI is InChI=1S/C10H10N6OS2/c1-5-9(19-6(2)13-5)7-4-18-10(14-7)15-8(17)3-12-16-11/h4H,3H2,1-2H3,(H,14,15,17). The van der Waals surface area contributed by atoms with Gasteiger partial charge in [-0.1, -0.05) is 5.11 Å². The summed E-state index contributed by atoms with van der Waals surface area (Å²) < 4.78 is 0. The highest BCUT2D eigenvalue weighted by Gasteiger charge is 2.12. The molecule has 2 aromatic rings. The number of rotatable bonds is 4. The van der Waals surface area contributed by atoms with Crippen LogP contribution in [0.1, 0.15) is 10.7 Å². The Bertz CT molecular complexity index is 655. The second-order valence-corrected chi connectivity index (χ2v) is 5.68. The van der Waals surface area contributed by atoms with Crippen molar-refractivity contribution in [1.82, 2.24) is 9.97 Å². The van der Waals surface area contributed by atoms with Crippen LogP contribution in [0.15, 0.2) is 10.5 Å². The van der Waals surface area contributed by atoms with Crippen molar-refractivity contribution >= 4 is 33.7 Å². The van der Waals surface area contributed by atoms with Gasteiger partial charge in [-0.3, -0.25) is 4.79 Å². The first-order chi connectivity index (χ1) is 9.10. The largest absolute Gasteiger partial charge is 0.302 e. The first-order valence-corrected chi connectivity index (χ1v) is 7.00. The number of nitrogens with zero attached hydrogens (tertiary/aromatic N) is 5. The zero-order valence-corrected chi connectivity index (χ0v) is 11.9. The van der Waals surface area contributed by atoms with Crippen LogP contribution in [-0.4, -0.2) is 22.4 Å². The second-order valence-electron chi connectivity index (χ2n) is 3.62. The molecule has 0 atom stereocenters. The lowest BCUT2D eigenvalue weighted by Gasteiger charge is -1.96. The van der Waals surface area contributed by atoms with Gasteiger partial charge < -0.3 is 5.32 Å². The Kier molecular flexibility index (Phi) is 4.10. The van der Waals surface area contributed by atoms with E-state index in [-0.39, 0.29) is 12.5 Å². The number of nitrogens with one attached hydrogen (secondary N) is 1. The number of anilines is 1. The second kappa shape index (κ2) is 5.79. The number of aromatic nitrogens is 2. The molecular weight excluding hydrogens is 284 g/mol. The molecule has 0 fully saturated rings. The Morgan fingerprint density at radius 1 is 1.53 bits per heavy atom.